The van der Waals surface area contributed by atoms with Crippen molar-refractivity contribution in [1.82, 2.24) is 19.7 Å². The van der Waals surface area contributed by atoms with Gasteiger partial charge in [-0.3, -0.25) is 9.67 Å². The Kier molecular flexibility index (Phi) is 2.90. The van der Waals surface area contributed by atoms with Gasteiger partial charge >= 0.3 is 0 Å². The number of nitrogens with zero attached hydrogens (tertiary/aromatic N) is 4. The molecule has 0 fully saturated rings. The summed E-state index contributed by atoms with van der Waals surface area (Å²) < 4.78 is 2.85. The average molecular weight is 307 g/mol. The predicted molar refractivity (Wildman–Crippen MR) is 89.5 cm³/mol. The monoisotopic (exact) mass is 307 g/mol. The van der Waals surface area contributed by atoms with Crippen LogP contribution in [0.25, 0.3) is 32.6 Å². The number of nitrogens with two attached hydrogens (primary N) is 1. The largest absolute Gasteiger partial charge is 0.382 e. The van der Waals surface area contributed by atoms with E-state index in [1.165, 1.54) is 0 Å². The Bertz CT molecular complexity index is 955. The highest BCUT2D eigenvalue weighted by molar-refractivity contribution is 7.17. The van der Waals surface area contributed by atoms with Gasteiger partial charge in [0, 0.05) is 36.6 Å². The highest BCUT2D eigenvalue weighted by Gasteiger charge is 2.12. The molecule has 0 saturated carbocycles. The molecular weight excluding hydrogens is 294 g/mol. The average Bonchev–Trinajstić information content (AvgIpc) is 3.10. The second-order valence-electron chi connectivity index (χ2n) is 5.03. The molecule has 2 N–H and O–H groups in total. The maximum absolute atomic E-state index is 5.96. The summed E-state index contributed by atoms with van der Waals surface area (Å²) in [5.41, 5.74) is 10.9. The molecular formula is C16H13N5S. The Hall–Kier alpha value is -2.73. The summed E-state index contributed by atoms with van der Waals surface area (Å²) in [4.78, 5) is 8.88. The van der Waals surface area contributed by atoms with Gasteiger partial charge in [-0.2, -0.15) is 5.10 Å². The summed E-state index contributed by atoms with van der Waals surface area (Å²) >= 11 is 1.69. The summed E-state index contributed by atoms with van der Waals surface area (Å²) in [6.07, 6.45) is 5.48. The van der Waals surface area contributed by atoms with Crippen molar-refractivity contribution >= 4 is 27.4 Å². The first-order valence-electron chi connectivity index (χ1n) is 6.80. The summed E-state index contributed by atoms with van der Waals surface area (Å²) in [5.74, 6) is 0.495. The first-order chi connectivity index (χ1) is 10.7. The quantitative estimate of drug-likeness (QED) is 0.616. The van der Waals surface area contributed by atoms with E-state index in [2.05, 4.69) is 21.5 Å². The minimum atomic E-state index is 0.495. The number of anilines is 1. The van der Waals surface area contributed by atoms with Gasteiger partial charge in [0.15, 0.2) is 5.82 Å². The van der Waals surface area contributed by atoms with Gasteiger partial charge in [-0.25, -0.2) is 4.98 Å². The standard InChI is InChI=1S/C16H13N5S/c1-21-8-11(16(17)20-21)13-2-3-14-15(19-13)12(9-22-14)10-4-6-18-7-5-10/h2-9H,1H3,(H2,17,20). The molecule has 0 bridgehead atoms. The van der Waals surface area contributed by atoms with E-state index in [4.69, 9.17) is 10.7 Å². The number of aromatic nitrogens is 4. The smallest absolute Gasteiger partial charge is 0.154 e. The Balaban J connectivity index is 1.92. The van der Waals surface area contributed by atoms with Crippen LogP contribution in [0.5, 0.6) is 0 Å². The fourth-order valence-electron chi connectivity index (χ4n) is 2.50. The zero-order valence-corrected chi connectivity index (χ0v) is 12.7. The van der Waals surface area contributed by atoms with Crippen molar-refractivity contribution in [3.8, 4) is 22.4 Å². The van der Waals surface area contributed by atoms with Gasteiger partial charge < -0.3 is 5.73 Å². The van der Waals surface area contributed by atoms with E-state index >= 15 is 0 Å². The number of fused-ring (bicyclic) bond motifs is 1. The van der Waals surface area contributed by atoms with Crippen LogP contribution in [0, 0.1) is 0 Å². The number of nitrogen functional groups attached to an aromatic ring is 1. The fraction of sp³-hybridized carbons (Fsp3) is 0.0625. The zero-order chi connectivity index (χ0) is 15.1. The van der Waals surface area contributed by atoms with E-state index in [9.17, 15) is 0 Å². The molecule has 4 rings (SSSR count). The van der Waals surface area contributed by atoms with Crippen molar-refractivity contribution in [2.75, 3.05) is 5.73 Å². The van der Waals surface area contributed by atoms with Crippen molar-refractivity contribution in [3.05, 3.63) is 48.2 Å². The van der Waals surface area contributed by atoms with Crippen molar-refractivity contribution in [1.29, 1.82) is 0 Å². The van der Waals surface area contributed by atoms with Crippen LogP contribution >= 0.6 is 11.3 Å². The third-order valence-electron chi connectivity index (χ3n) is 3.54. The molecule has 4 heterocycles. The summed E-state index contributed by atoms with van der Waals surface area (Å²) in [5, 5.41) is 6.31. The molecule has 4 aromatic rings. The third-order valence-corrected chi connectivity index (χ3v) is 4.48. The van der Waals surface area contributed by atoms with Gasteiger partial charge in [0.2, 0.25) is 0 Å². The maximum atomic E-state index is 5.96. The van der Waals surface area contributed by atoms with E-state index in [0.29, 0.717) is 5.82 Å². The summed E-state index contributed by atoms with van der Waals surface area (Å²) in [6, 6.07) is 8.06. The normalized spacial score (nSPS) is 11.1. The number of rotatable bonds is 2. The first-order valence-corrected chi connectivity index (χ1v) is 7.68. The molecule has 0 unspecified atom stereocenters. The van der Waals surface area contributed by atoms with Crippen molar-refractivity contribution in [2.24, 2.45) is 7.05 Å². The van der Waals surface area contributed by atoms with Gasteiger partial charge in [0.05, 0.1) is 21.5 Å². The van der Waals surface area contributed by atoms with Gasteiger partial charge in [0.1, 0.15) is 0 Å². The Labute approximate surface area is 131 Å². The van der Waals surface area contributed by atoms with E-state index in [1.54, 1.807) is 28.4 Å². The Morgan fingerprint density at radius 1 is 1.09 bits per heavy atom. The van der Waals surface area contributed by atoms with Crippen LogP contribution in [0.15, 0.2) is 48.2 Å². The van der Waals surface area contributed by atoms with Gasteiger partial charge in [0.25, 0.3) is 0 Å². The topological polar surface area (TPSA) is 69.6 Å². The lowest BCUT2D eigenvalue weighted by atomic mass is 10.1. The minimum absolute atomic E-state index is 0.495. The molecule has 0 radical (unpaired) electrons. The first kappa shape index (κ1) is 13.0. The number of hydrogen-bond donors (Lipinski definition) is 1. The van der Waals surface area contributed by atoms with E-state index < -0.39 is 0 Å². The molecule has 0 amide bonds. The van der Waals surface area contributed by atoms with Gasteiger partial charge in [-0.15, -0.1) is 11.3 Å². The van der Waals surface area contributed by atoms with Crippen molar-refractivity contribution in [2.45, 2.75) is 0 Å². The highest BCUT2D eigenvalue weighted by Crippen LogP contribution is 2.34. The van der Waals surface area contributed by atoms with E-state index in [-0.39, 0.29) is 0 Å². The van der Waals surface area contributed by atoms with Gasteiger partial charge in [-0.05, 0) is 29.8 Å². The molecule has 6 heteroatoms. The number of aryl methyl sites for hydroxylation is 1. The lowest BCUT2D eigenvalue weighted by Gasteiger charge is -2.02. The van der Waals surface area contributed by atoms with E-state index in [1.807, 2.05) is 31.4 Å². The molecule has 0 aliphatic carbocycles. The summed E-state index contributed by atoms with van der Waals surface area (Å²) in [7, 11) is 1.85. The van der Waals surface area contributed by atoms with Gasteiger partial charge in [-0.1, -0.05) is 0 Å². The van der Waals surface area contributed by atoms with Crippen LogP contribution in [-0.2, 0) is 7.05 Å². The fourth-order valence-corrected chi connectivity index (χ4v) is 3.41. The maximum Gasteiger partial charge on any atom is 0.154 e. The molecule has 0 aliphatic heterocycles. The Morgan fingerprint density at radius 2 is 1.91 bits per heavy atom. The highest BCUT2D eigenvalue weighted by atomic mass is 32.1. The Morgan fingerprint density at radius 3 is 2.64 bits per heavy atom. The lowest BCUT2D eigenvalue weighted by molar-refractivity contribution is 0.772. The second kappa shape index (κ2) is 4.92. The van der Waals surface area contributed by atoms with Crippen LogP contribution in [0.2, 0.25) is 0 Å². The molecule has 108 valence electrons. The van der Waals surface area contributed by atoms with Crippen LogP contribution < -0.4 is 5.73 Å². The molecule has 22 heavy (non-hydrogen) atoms. The van der Waals surface area contributed by atoms with Crippen molar-refractivity contribution in [3.63, 3.8) is 0 Å². The number of thiophene rings is 1. The van der Waals surface area contributed by atoms with Crippen LogP contribution in [-0.4, -0.2) is 19.7 Å². The summed E-state index contributed by atoms with van der Waals surface area (Å²) in [6.45, 7) is 0. The number of hydrogen-bond acceptors (Lipinski definition) is 5. The van der Waals surface area contributed by atoms with Crippen LogP contribution in [0.1, 0.15) is 0 Å². The SMILES string of the molecule is Cn1cc(-c2ccc3scc(-c4ccncc4)c3n2)c(N)n1. The van der Waals surface area contributed by atoms with Crippen LogP contribution in [0.3, 0.4) is 0 Å². The molecule has 0 spiro atoms. The molecule has 0 aliphatic rings. The lowest BCUT2D eigenvalue weighted by Crippen LogP contribution is -1.91. The minimum Gasteiger partial charge on any atom is -0.382 e. The number of pyridine rings is 2. The van der Waals surface area contributed by atoms with Crippen LogP contribution in [0.4, 0.5) is 5.82 Å². The predicted octanol–water partition coefficient (Wildman–Crippen LogP) is 3.34. The second-order valence-corrected chi connectivity index (χ2v) is 5.94. The third kappa shape index (κ3) is 2.05. The molecule has 0 aromatic carbocycles. The molecule has 0 atom stereocenters. The van der Waals surface area contributed by atoms with Crippen molar-refractivity contribution < 1.29 is 0 Å². The van der Waals surface area contributed by atoms with E-state index in [0.717, 1.165) is 32.6 Å². The zero-order valence-electron chi connectivity index (χ0n) is 11.9. The molecule has 4 aromatic heterocycles. The molecule has 5 nitrogen and oxygen atoms in total. The molecule has 0 saturated heterocycles.